The van der Waals surface area contributed by atoms with Crippen LogP contribution in [0.25, 0.3) is 0 Å². The van der Waals surface area contributed by atoms with E-state index >= 15 is 0 Å². The van der Waals surface area contributed by atoms with Crippen LogP contribution in [0.2, 0.25) is 0 Å². The lowest BCUT2D eigenvalue weighted by molar-refractivity contribution is 0.447. The van der Waals surface area contributed by atoms with E-state index < -0.39 is 16.1 Å². The molecule has 0 unspecified atom stereocenters. The van der Waals surface area contributed by atoms with Gasteiger partial charge in [0.25, 0.3) is 10.1 Å². The molecule has 0 aliphatic heterocycles. The third-order valence-corrected chi connectivity index (χ3v) is 0.414. The van der Waals surface area contributed by atoms with E-state index in [1.165, 1.54) is 0 Å². The monoisotopic (exact) mass is 146 g/mol. The number of nitrogens with two attached hydrogens (primary N) is 2. The number of hydrogen-bond donors (Lipinski definition) is 3. The Balaban J connectivity index is 0. The van der Waals surface area contributed by atoms with Crippen LogP contribution >= 0.6 is 0 Å². The van der Waals surface area contributed by atoms with E-state index in [-0.39, 0.29) is 0 Å². The molecule has 0 aromatic rings. The van der Waals surface area contributed by atoms with Gasteiger partial charge in [0.2, 0.25) is 6.01 Å². The molecule has 0 bridgehead atoms. The van der Waals surface area contributed by atoms with Gasteiger partial charge in [0.05, 0.1) is 0 Å². The largest absolute Gasteiger partial charge is 0.294 e. The van der Waals surface area contributed by atoms with Gasteiger partial charge in [-0.15, -0.1) is 0 Å². The highest BCUT2D eigenvalue weighted by molar-refractivity contribution is 7.85. The third kappa shape index (κ3) is 17.1. The Hall–Kier alpha value is -0.240. The zero-order valence-electron chi connectivity index (χ0n) is 3.91. The minimum Gasteiger partial charge on any atom is -0.284 e. The van der Waals surface area contributed by atoms with Crippen LogP contribution in [0.15, 0.2) is 0 Å². The summed E-state index contributed by atoms with van der Waals surface area (Å²) in [5, 5.41) is 0. The molecule has 7 heteroatoms. The van der Waals surface area contributed by atoms with Gasteiger partial charge >= 0.3 is 0 Å². The van der Waals surface area contributed by atoms with E-state index in [1.807, 2.05) is 0 Å². The molecule has 0 radical (unpaired) electrons. The Bertz CT molecular complexity index is 119. The molecule has 0 rings (SSSR count). The Morgan fingerprint density at radius 1 is 1.50 bits per heavy atom. The molecular weight excluding hydrogens is 139 g/mol. The molecule has 8 heavy (non-hydrogen) atoms. The molecule has 0 saturated heterocycles. The molecular formula is CH7FN2O3S. The van der Waals surface area contributed by atoms with Crippen LogP contribution in [-0.4, -0.2) is 19.0 Å². The predicted octanol–water partition coefficient (Wildman–Crippen LogP) is -1.38. The average molecular weight is 146 g/mol. The normalized spacial score (nSPS) is 9.50. The Morgan fingerprint density at radius 2 is 1.62 bits per heavy atom. The van der Waals surface area contributed by atoms with E-state index in [1.54, 1.807) is 0 Å². The molecule has 52 valence electrons. The summed E-state index contributed by atoms with van der Waals surface area (Å²) < 4.78 is 36.4. The smallest absolute Gasteiger partial charge is 0.284 e. The van der Waals surface area contributed by atoms with E-state index in [0.29, 0.717) is 0 Å². The standard InChI is InChI=1S/CH3FO3S.H4N2/c2-1-6(3,4)5;1-2/h1H2,(H,3,4,5);1-2H2. The first kappa shape index (κ1) is 10.7. The fraction of sp³-hybridized carbons (Fsp3) is 1.00. The maximum absolute atomic E-state index is 10.7. The van der Waals surface area contributed by atoms with Crippen LogP contribution in [0, 0.1) is 0 Å². The molecule has 0 fully saturated rings. The first-order chi connectivity index (χ1) is 3.56. The average Bonchev–Trinajstić information content (AvgIpc) is 1.71. The summed E-state index contributed by atoms with van der Waals surface area (Å²) in [5.41, 5.74) is 0. The van der Waals surface area contributed by atoms with Crippen molar-refractivity contribution in [3.63, 3.8) is 0 Å². The summed E-state index contributed by atoms with van der Waals surface area (Å²) in [4.78, 5) is 0. The summed E-state index contributed by atoms with van der Waals surface area (Å²) in [6, 6.07) is -1.70. The topological polar surface area (TPSA) is 106 Å². The molecule has 0 heterocycles. The number of hydrogen-bond acceptors (Lipinski definition) is 4. The quantitative estimate of drug-likeness (QED) is 0.240. The number of hydrazine groups is 1. The molecule has 0 aromatic carbocycles. The van der Waals surface area contributed by atoms with E-state index in [4.69, 9.17) is 4.55 Å². The van der Waals surface area contributed by atoms with Crippen molar-refractivity contribution in [3.05, 3.63) is 0 Å². The van der Waals surface area contributed by atoms with Gasteiger partial charge in [-0.1, -0.05) is 0 Å². The maximum atomic E-state index is 10.7. The van der Waals surface area contributed by atoms with E-state index in [2.05, 4.69) is 11.7 Å². The Kier molecular flexibility index (Phi) is 6.56. The van der Waals surface area contributed by atoms with Gasteiger partial charge < -0.3 is 0 Å². The summed E-state index contributed by atoms with van der Waals surface area (Å²) in [5.74, 6) is 8.00. The van der Waals surface area contributed by atoms with Gasteiger partial charge in [-0.25, -0.2) is 4.39 Å². The third-order valence-electron chi connectivity index (χ3n) is 0.138. The fourth-order valence-corrected chi connectivity index (χ4v) is 0. The second-order valence-corrected chi connectivity index (χ2v) is 2.07. The van der Waals surface area contributed by atoms with E-state index in [0.717, 1.165) is 0 Å². The summed E-state index contributed by atoms with van der Waals surface area (Å²) in [6.45, 7) is 0. The lowest BCUT2D eigenvalue weighted by Crippen LogP contribution is -2.02. The molecule has 0 aliphatic carbocycles. The highest BCUT2D eigenvalue weighted by Gasteiger charge is 1.97. The molecule has 0 atom stereocenters. The molecule has 0 saturated carbocycles. The van der Waals surface area contributed by atoms with Crippen LogP contribution in [0.3, 0.4) is 0 Å². The van der Waals surface area contributed by atoms with Crippen LogP contribution in [0.1, 0.15) is 0 Å². The van der Waals surface area contributed by atoms with Crippen molar-refractivity contribution in [1.29, 1.82) is 0 Å². The molecule has 0 spiro atoms. The minimum atomic E-state index is -4.33. The first-order valence-electron chi connectivity index (χ1n) is 1.41. The summed E-state index contributed by atoms with van der Waals surface area (Å²) >= 11 is 0. The maximum Gasteiger partial charge on any atom is 0.294 e. The van der Waals surface area contributed by atoms with E-state index in [9.17, 15) is 12.8 Å². The van der Waals surface area contributed by atoms with Crippen molar-refractivity contribution in [2.45, 2.75) is 0 Å². The van der Waals surface area contributed by atoms with Crippen molar-refractivity contribution in [1.82, 2.24) is 0 Å². The number of alkyl halides is 1. The second-order valence-electron chi connectivity index (χ2n) is 0.691. The van der Waals surface area contributed by atoms with Gasteiger partial charge in [0, 0.05) is 0 Å². The van der Waals surface area contributed by atoms with Crippen LogP contribution in [0.5, 0.6) is 0 Å². The highest BCUT2D eigenvalue weighted by atomic mass is 32.2. The number of halogens is 1. The predicted molar refractivity (Wildman–Crippen MR) is 25.9 cm³/mol. The number of rotatable bonds is 1. The van der Waals surface area contributed by atoms with Crippen LogP contribution < -0.4 is 11.7 Å². The van der Waals surface area contributed by atoms with Crippen LogP contribution in [0.4, 0.5) is 4.39 Å². The highest BCUT2D eigenvalue weighted by Crippen LogP contribution is 1.77. The van der Waals surface area contributed by atoms with Crippen molar-refractivity contribution in [2.75, 3.05) is 6.01 Å². The van der Waals surface area contributed by atoms with Gasteiger partial charge in [-0.2, -0.15) is 8.42 Å². The van der Waals surface area contributed by atoms with Crippen molar-refractivity contribution < 1.29 is 17.4 Å². The zero-order valence-corrected chi connectivity index (χ0v) is 4.73. The molecule has 0 amide bonds. The molecule has 0 aromatic heterocycles. The Morgan fingerprint density at radius 3 is 1.62 bits per heavy atom. The summed E-state index contributed by atoms with van der Waals surface area (Å²) in [7, 11) is -4.33. The zero-order chi connectivity index (χ0) is 7.21. The van der Waals surface area contributed by atoms with Crippen molar-refractivity contribution >= 4 is 10.1 Å². The van der Waals surface area contributed by atoms with Gasteiger partial charge in [0.15, 0.2) is 0 Å². The molecule has 5 nitrogen and oxygen atoms in total. The minimum absolute atomic E-state index is 1.70. The molecule has 5 N–H and O–H groups in total. The lowest BCUT2D eigenvalue weighted by atomic mass is 11.8. The van der Waals surface area contributed by atoms with Crippen LogP contribution in [-0.2, 0) is 10.1 Å². The Labute approximate surface area is 46.2 Å². The van der Waals surface area contributed by atoms with Gasteiger partial charge in [-0.05, 0) is 0 Å². The van der Waals surface area contributed by atoms with Crippen molar-refractivity contribution in [3.8, 4) is 0 Å². The first-order valence-corrected chi connectivity index (χ1v) is 3.01. The van der Waals surface area contributed by atoms with Gasteiger partial charge in [0.1, 0.15) is 0 Å². The fourth-order valence-electron chi connectivity index (χ4n) is 0. The molecule has 0 aliphatic rings. The van der Waals surface area contributed by atoms with Gasteiger partial charge in [-0.3, -0.25) is 16.2 Å². The SMILES string of the molecule is NN.O=S(=O)(O)CF. The second kappa shape index (κ2) is 4.91. The van der Waals surface area contributed by atoms with Crippen molar-refractivity contribution in [2.24, 2.45) is 11.7 Å². The lowest BCUT2D eigenvalue weighted by Gasteiger charge is -1.77. The summed E-state index contributed by atoms with van der Waals surface area (Å²) in [6.07, 6.45) is 0.